The molecule has 1 amide bonds. The van der Waals surface area contributed by atoms with Crippen molar-refractivity contribution >= 4 is 23.5 Å². The predicted octanol–water partition coefficient (Wildman–Crippen LogP) is 2.42. The first kappa shape index (κ1) is 20.5. The zero-order chi connectivity index (χ0) is 20.0. The summed E-state index contributed by atoms with van der Waals surface area (Å²) in [7, 11) is 0. The van der Waals surface area contributed by atoms with Crippen LogP contribution in [-0.2, 0) is 11.3 Å². The average Bonchev–Trinajstić information content (AvgIpc) is 2.62. The number of nitrogens with one attached hydrogen (secondary N) is 1. The molecular weight excluding hydrogens is 372 g/mol. The van der Waals surface area contributed by atoms with Gasteiger partial charge in [-0.05, 0) is 24.1 Å². The van der Waals surface area contributed by atoms with E-state index in [1.165, 1.54) is 22.9 Å². The van der Waals surface area contributed by atoms with Crippen LogP contribution in [-0.4, -0.2) is 34.2 Å². The van der Waals surface area contributed by atoms with Gasteiger partial charge in [0, 0.05) is 12.3 Å². The van der Waals surface area contributed by atoms with Crippen molar-refractivity contribution < 1.29 is 19.4 Å². The lowest BCUT2D eigenvalue weighted by Gasteiger charge is -2.18. The van der Waals surface area contributed by atoms with Crippen LogP contribution in [0, 0.1) is 5.92 Å². The van der Waals surface area contributed by atoms with Crippen LogP contribution in [0.25, 0.3) is 0 Å². The van der Waals surface area contributed by atoms with Gasteiger partial charge in [0.25, 0.3) is 11.5 Å². The molecule has 0 radical (unpaired) electrons. The number of hydrogen-bond acceptors (Lipinski definition) is 4. The first-order valence-corrected chi connectivity index (χ1v) is 8.79. The number of halogens is 1. The third-order valence-corrected chi connectivity index (χ3v) is 4.20. The summed E-state index contributed by atoms with van der Waals surface area (Å²) in [5.41, 5.74) is -0.104. The van der Waals surface area contributed by atoms with E-state index in [2.05, 4.69) is 5.32 Å². The lowest BCUT2D eigenvalue weighted by molar-refractivity contribution is -0.140. The third-order valence-electron chi connectivity index (χ3n) is 3.89. The van der Waals surface area contributed by atoms with Crippen LogP contribution in [0.1, 0.15) is 24.2 Å². The summed E-state index contributed by atoms with van der Waals surface area (Å²) >= 11 is 6.01. The Hall–Kier alpha value is -2.80. The number of carboxylic acids is 1. The molecule has 0 saturated carbocycles. The Labute approximate surface area is 161 Å². The molecule has 1 heterocycles. The zero-order valence-electron chi connectivity index (χ0n) is 15.0. The number of carbonyl (C=O) groups excluding carboxylic acids is 1. The van der Waals surface area contributed by atoms with E-state index in [9.17, 15) is 19.5 Å². The van der Waals surface area contributed by atoms with Crippen LogP contribution in [0.2, 0.25) is 5.02 Å². The van der Waals surface area contributed by atoms with Crippen molar-refractivity contribution in [1.82, 2.24) is 9.88 Å². The highest BCUT2D eigenvalue weighted by Gasteiger charge is 2.24. The van der Waals surface area contributed by atoms with Crippen molar-refractivity contribution in [3.05, 3.63) is 63.5 Å². The molecule has 1 aromatic heterocycles. The number of hydrogen-bond donors (Lipinski definition) is 2. The molecule has 27 heavy (non-hydrogen) atoms. The maximum Gasteiger partial charge on any atom is 0.326 e. The van der Waals surface area contributed by atoms with Crippen molar-refractivity contribution in [3.63, 3.8) is 0 Å². The summed E-state index contributed by atoms with van der Waals surface area (Å²) < 4.78 is 6.88. The van der Waals surface area contributed by atoms with Crippen LogP contribution in [0.5, 0.6) is 5.75 Å². The second-order valence-electron chi connectivity index (χ2n) is 6.26. The minimum Gasteiger partial charge on any atom is -0.490 e. The van der Waals surface area contributed by atoms with E-state index in [-0.39, 0.29) is 30.2 Å². The number of rotatable bonds is 8. The molecule has 7 nitrogen and oxygen atoms in total. The second kappa shape index (κ2) is 9.23. The SMILES string of the molecule is CC(C)[C@H](NC(=O)c1ccc(=O)n(CCOc2ccccc2Cl)c1)C(=O)O. The number of carboxylic acid groups (broad SMARTS) is 1. The minimum absolute atomic E-state index is 0.179. The molecular formula is C19H21ClN2O5. The smallest absolute Gasteiger partial charge is 0.326 e. The van der Waals surface area contributed by atoms with Crippen LogP contribution >= 0.6 is 11.6 Å². The van der Waals surface area contributed by atoms with E-state index in [1.807, 2.05) is 0 Å². The van der Waals surface area contributed by atoms with Crippen molar-refractivity contribution in [3.8, 4) is 5.75 Å². The molecule has 0 fully saturated rings. The molecule has 0 bridgehead atoms. The normalized spacial score (nSPS) is 11.9. The number of aliphatic carboxylic acids is 1. The van der Waals surface area contributed by atoms with Gasteiger partial charge in [-0.25, -0.2) is 4.79 Å². The molecule has 1 atom stereocenters. The summed E-state index contributed by atoms with van der Waals surface area (Å²) in [6, 6.07) is 8.59. The molecule has 2 aromatic rings. The molecule has 2 N–H and O–H groups in total. The average molecular weight is 393 g/mol. The quantitative estimate of drug-likeness (QED) is 0.719. The highest BCUT2D eigenvalue weighted by Crippen LogP contribution is 2.22. The van der Waals surface area contributed by atoms with E-state index in [0.717, 1.165) is 0 Å². The van der Waals surface area contributed by atoms with Gasteiger partial charge in [-0.2, -0.15) is 0 Å². The molecule has 0 spiro atoms. The largest absolute Gasteiger partial charge is 0.490 e. The lowest BCUT2D eigenvalue weighted by atomic mass is 10.0. The van der Waals surface area contributed by atoms with Gasteiger partial charge in [-0.15, -0.1) is 0 Å². The maximum atomic E-state index is 12.3. The fraction of sp³-hybridized carbons (Fsp3) is 0.316. The first-order chi connectivity index (χ1) is 12.8. The number of pyridine rings is 1. The molecule has 1 aromatic carbocycles. The summed E-state index contributed by atoms with van der Waals surface area (Å²) in [6.45, 7) is 3.79. The summed E-state index contributed by atoms with van der Waals surface area (Å²) in [5.74, 6) is -1.44. The standard InChI is InChI=1S/C19H21ClN2O5/c1-12(2)17(19(25)26)21-18(24)13-7-8-16(23)22(11-13)9-10-27-15-6-4-3-5-14(15)20/h3-8,11-12,17H,9-10H2,1-2H3,(H,21,24)(H,25,26)/t17-/m0/s1. The number of ether oxygens (including phenoxy) is 1. The minimum atomic E-state index is -1.11. The number of benzene rings is 1. The predicted molar refractivity (Wildman–Crippen MR) is 101 cm³/mol. The Kier molecular flexibility index (Phi) is 7.01. The lowest BCUT2D eigenvalue weighted by Crippen LogP contribution is -2.44. The number of nitrogens with zero attached hydrogens (tertiary/aromatic N) is 1. The van der Waals surface area contributed by atoms with E-state index < -0.39 is 17.9 Å². The third kappa shape index (κ3) is 5.59. The molecule has 0 aliphatic heterocycles. The topological polar surface area (TPSA) is 97.6 Å². The molecule has 2 rings (SSSR count). The van der Waals surface area contributed by atoms with E-state index in [1.54, 1.807) is 38.1 Å². The number of carbonyl (C=O) groups is 2. The Morgan fingerprint density at radius 3 is 2.56 bits per heavy atom. The van der Waals surface area contributed by atoms with Crippen LogP contribution < -0.4 is 15.6 Å². The van der Waals surface area contributed by atoms with E-state index in [0.29, 0.717) is 10.8 Å². The zero-order valence-corrected chi connectivity index (χ0v) is 15.8. The second-order valence-corrected chi connectivity index (χ2v) is 6.67. The summed E-state index contributed by atoms with van der Waals surface area (Å²) in [6.07, 6.45) is 1.38. The number of para-hydroxylation sites is 1. The monoisotopic (exact) mass is 392 g/mol. The highest BCUT2D eigenvalue weighted by molar-refractivity contribution is 6.32. The Morgan fingerprint density at radius 1 is 1.22 bits per heavy atom. The Morgan fingerprint density at radius 2 is 1.93 bits per heavy atom. The Balaban J connectivity index is 2.07. The highest BCUT2D eigenvalue weighted by atomic mass is 35.5. The van der Waals surface area contributed by atoms with Crippen molar-refractivity contribution in [2.45, 2.75) is 26.4 Å². The molecule has 144 valence electrons. The molecule has 0 saturated heterocycles. The van der Waals surface area contributed by atoms with Gasteiger partial charge >= 0.3 is 5.97 Å². The van der Waals surface area contributed by atoms with Crippen molar-refractivity contribution in [2.75, 3.05) is 6.61 Å². The van der Waals surface area contributed by atoms with E-state index in [4.69, 9.17) is 16.3 Å². The van der Waals surface area contributed by atoms with Gasteiger partial charge in [0.2, 0.25) is 0 Å². The molecule has 0 unspecified atom stereocenters. The molecule has 0 aliphatic carbocycles. The van der Waals surface area contributed by atoms with Crippen LogP contribution in [0.4, 0.5) is 0 Å². The molecule has 0 aliphatic rings. The van der Waals surface area contributed by atoms with Crippen LogP contribution in [0.3, 0.4) is 0 Å². The van der Waals surface area contributed by atoms with Gasteiger partial charge in [0.05, 0.1) is 17.1 Å². The van der Waals surface area contributed by atoms with Gasteiger partial charge in [0.15, 0.2) is 0 Å². The van der Waals surface area contributed by atoms with Crippen molar-refractivity contribution in [2.24, 2.45) is 5.92 Å². The summed E-state index contributed by atoms with van der Waals surface area (Å²) in [5, 5.41) is 12.1. The summed E-state index contributed by atoms with van der Waals surface area (Å²) in [4.78, 5) is 35.6. The van der Waals surface area contributed by atoms with E-state index >= 15 is 0 Å². The van der Waals surface area contributed by atoms with Gasteiger partial charge in [-0.1, -0.05) is 37.6 Å². The first-order valence-electron chi connectivity index (χ1n) is 8.41. The van der Waals surface area contributed by atoms with Gasteiger partial charge in [-0.3, -0.25) is 9.59 Å². The Bertz CT molecular complexity index is 878. The van der Waals surface area contributed by atoms with Crippen LogP contribution in [0.15, 0.2) is 47.4 Å². The number of amides is 1. The maximum absolute atomic E-state index is 12.3. The van der Waals surface area contributed by atoms with Gasteiger partial charge < -0.3 is 19.7 Å². The molecule has 8 heteroatoms. The number of aromatic nitrogens is 1. The van der Waals surface area contributed by atoms with Gasteiger partial charge in [0.1, 0.15) is 18.4 Å². The fourth-order valence-corrected chi connectivity index (χ4v) is 2.58. The van der Waals surface area contributed by atoms with Crippen molar-refractivity contribution in [1.29, 1.82) is 0 Å². The fourth-order valence-electron chi connectivity index (χ4n) is 2.39.